The Bertz CT molecular complexity index is 313. The van der Waals surface area contributed by atoms with Crippen LogP contribution in [-0.2, 0) is 6.42 Å². The molecular formula is C15H20. The summed E-state index contributed by atoms with van der Waals surface area (Å²) in [6.45, 7) is 4.39. The first-order valence-corrected chi connectivity index (χ1v) is 5.84. The summed E-state index contributed by atoms with van der Waals surface area (Å²) in [5, 5.41) is 0. The summed E-state index contributed by atoms with van der Waals surface area (Å²) >= 11 is 0. The standard InChI is InChI=1S/C15H20/c1-4-7-14(8-5-2)15-11-9-13(6-3)10-12-15/h1,9-12,14H,5-8H2,2-3H3. The largest absolute Gasteiger partial charge is 0.120 e. The number of aryl methyl sites for hydroxylation is 1. The molecular weight excluding hydrogens is 180 g/mol. The van der Waals surface area contributed by atoms with Gasteiger partial charge in [0.1, 0.15) is 0 Å². The maximum atomic E-state index is 5.40. The van der Waals surface area contributed by atoms with Crippen molar-refractivity contribution in [3.8, 4) is 12.3 Å². The molecule has 0 N–H and O–H groups in total. The third kappa shape index (κ3) is 3.44. The minimum Gasteiger partial charge on any atom is -0.120 e. The maximum absolute atomic E-state index is 5.40. The van der Waals surface area contributed by atoms with Crippen molar-refractivity contribution >= 4 is 0 Å². The van der Waals surface area contributed by atoms with Gasteiger partial charge in [0, 0.05) is 6.42 Å². The van der Waals surface area contributed by atoms with E-state index in [4.69, 9.17) is 6.42 Å². The fraction of sp³-hybridized carbons (Fsp3) is 0.467. The molecule has 80 valence electrons. The summed E-state index contributed by atoms with van der Waals surface area (Å²) in [6, 6.07) is 8.90. The summed E-state index contributed by atoms with van der Waals surface area (Å²) in [4.78, 5) is 0. The quantitative estimate of drug-likeness (QED) is 0.626. The van der Waals surface area contributed by atoms with Crippen molar-refractivity contribution in [1.82, 2.24) is 0 Å². The van der Waals surface area contributed by atoms with Crippen molar-refractivity contribution in [1.29, 1.82) is 0 Å². The highest BCUT2D eigenvalue weighted by Crippen LogP contribution is 2.24. The second-order valence-corrected chi connectivity index (χ2v) is 3.99. The Morgan fingerprint density at radius 2 is 1.87 bits per heavy atom. The summed E-state index contributed by atoms with van der Waals surface area (Å²) < 4.78 is 0. The second kappa shape index (κ2) is 6.30. The molecule has 0 amide bonds. The van der Waals surface area contributed by atoms with Crippen LogP contribution in [0.4, 0.5) is 0 Å². The van der Waals surface area contributed by atoms with Crippen LogP contribution in [0.15, 0.2) is 24.3 Å². The van der Waals surface area contributed by atoms with Crippen LogP contribution in [0.2, 0.25) is 0 Å². The molecule has 1 aromatic carbocycles. The average molecular weight is 200 g/mol. The van der Waals surface area contributed by atoms with Gasteiger partial charge in [-0.2, -0.15) is 0 Å². The number of rotatable bonds is 5. The Kier molecular flexibility index (Phi) is 4.98. The van der Waals surface area contributed by atoms with Crippen LogP contribution >= 0.6 is 0 Å². The van der Waals surface area contributed by atoms with Crippen LogP contribution in [0, 0.1) is 12.3 Å². The third-order valence-electron chi connectivity index (χ3n) is 2.86. The third-order valence-corrected chi connectivity index (χ3v) is 2.86. The van der Waals surface area contributed by atoms with E-state index < -0.39 is 0 Å². The lowest BCUT2D eigenvalue weighted by atomic mass is 9.91. The molecule has 1 aromatic rings. The molecule has 1 rings (SSSR count). The number of hydrogen-bond acceptors (Lipinski definition) is 0. The molecule has 0 heteroatoms. The van der Waals surface area contributed by atoms with Gasteiger partial charge in [-0.1, -0.05) is 44.5 Å². The van der Waals surface area contributed by atoms with Gasteiger partial charge >= 0.3 is 0 Å². The SMILES string of the molecule is C#CCC(CCC)c1ccc(CC)cc1. The molecule has 1 unspecified atom stereocenters. The number of terminal acetylenes is 1. The number of benzene rings is 1. The van der Waals surface area contributed by atoms with E-state index in [-0.39, 0.29) is 0 Å². The summed E-state index contributed by atoms with van der Waals surface area (Å²) in [5.41, 5.74) is 2.79. The Morgan fingerprint density at radius 1 is 1.20 bits per heavy atom. The Hall–Kier alpha value is -1.22. The topological polar surface area (TPSA) is 0 Å². The highest BCUT2D eigenvalue weighted by molar-refractivity contribution is 5.26. The van der Waals surface area contributed by atoms with Gasteiger partial charge in [-0.25, -0.2) is 0 Å². The zero-order valence-corrected chi connectivity index (χ0v) is 9.79. The first-order chi connectivity index (χ1) is 7.31. The van der Waals surface area contributed by atoms with Crippen molar-refractivity contribution in [2.45, 2.75) is 45.4 Å². The molecule has 1 atom stereocenters. The van der Waals surface area contributed by atoms with Crippen LogP contribution in [0.25, 0.3) is 0 Å². The molecule has 0 heterocycles. The van der Waals surface area contributed by atoms with E-state index in [2.05, 4.69) is 44.0 Å². The molecule has 0 spiro atoms. The minimum absolute atomic E-state index is 0.547. The first-order valence-electron chi connectivity index (χ1n) is 5.84. The molecule has 0 saturated heterocycles. The lowest BCUT2D eigenvalue weighted by Gasteiger charge is -2.13. The zero-order valence-electron chi connectivity index (χ0n) is 9.79. The van der Waals surface area contributed by atoms with Gasteiger partial charge in [0.15, 0.2) is 0 Å². The first kappa shape index (κ1) is 11.9. The van der Waals surface area contributed by atoms with E-state index in [0.29, 0.717) is 5.92 Å². The van der Waals surface area contributed by atoms with Crippen LogP contribution in [-0.4, -0.2) is 0 Å². The Balaban J connectivity index is 2.77. The minimum atomic E-state index is 0.547. The molecule has 0 bridgehead atoms. The zero-order chi connectivity index (χ0) is 11.1. The molecule has 0 aliphatic rings. The summed E-state index contributed by atoms with van der Waals surface area (Å²) in [5.74, 6) is 3.33. The van der Waals surface area contributed by atoms with Crippen molar-refractivity contribution < 1.29 is 0 Å². The van der Waals surface area contributed by atoms with Gasteiger partial charge in [-0.05, 0) is 29.9 Å². The van der Waals surface area contributed by atoms with E-state index >= 15 is 0 Å². The van der Waals surface area contributed by atoms with Gasteiger partial charge in [0.25, 0.3) is 0 Å². The van der Waals surface area contributed by atoms with Crippen molar-refractivity contribution in [3.63, 3.8) is 0 Å². The summed E-state index contributed by atoms with van der Waals surface area (Å²) in [6.07, 6.45) is 9.76. The summed E-state index contributed by atoms with van der Waals surface area (Å²) in [7, 11) is 0. The molecule has 0 fully saturated rings. The predicted octanol–water partition coefficient (Wildman–Crippen LogP) is 4.16. The van der Waals surface area contributed by atoms with Crippen LogP contribution in [0.3, 0.4) is 0 Å². The van der Waals surface area contributed by atoms with Crippen LogP contribution in [0.5, 0.6) is 0 Å². The maximum Gasteiger partial charge on any atom is 0.0155 e. The van der Waals surface area contributed by atoms with Gasteiger partial charge in [0.2, 0.25) is 0 Å². The lowest BCUT2D eigenvalue weighted by molar-refractivity contribution is 0.628. The van der Waals surface area contributed by atoms with Crippen LogP contribution < -0.4 is 0 Å². The molecule has 0 radical (unpaired) electrons. The van der Waals surface area contributed by atoms with Crippen molar-refractivity contribution in [2.24, 2.45) is 0 Å². The van der Waals surface area contributed by atoms with Gasteiger partial charge in [-0.3, -0.25) is 0 Å². The highest BCUT2D eigenvalue weighted by atomic mass is 14.1. The predicted molar refractivity (Wildman–Crippen MR) is 66.9 cm³/mol. The van der Waals surface area contributed by atoms with E-state index in [1.165, 1.54) is 24.0 Å². The van der Waals surface area contributed by atoms with E-state index in [0.717, 1.165) is 12.8 Å². The van der Waals surface area contributed by atoms with Crippen molar-refractivity contribution in [3.05, 3.63) is 35.4 Å². The lowest BCUT2D eigenvalue weighted by Crippen LogP contribution is -1.97. The molecule has 0 aliphatic carbocycles. The molecule has 0 aromatic heterocycles. The van der Waals surface area contributed by atoms with E-state index in [1.807, 2.05) is 0 Å². The van der Waals surface area contributed by atoms with Crippen LogP contribution in [0.1, 0.15) is 50.2 Å². The second-order valence-electron chi connectivity index (χ2n) is 3.99. The van der Waals surface area contributed by atoms with Gasteiger partial charge in [-0.15, -0.1) is 12.3 Å². The van der Waals surface area contributed by atoms with Crippen molar-refractivity contribution in [2.75, 3.05) is 0 Å². The highest BCUT2D eigenvalue weighted by Gasteiger charge is 2.08. The average Bonchev–Trinajstić information content (AvgIpc) is 2.29. The molecule has 15 heavy (non-hydrogen) atoms. The van der Waals surface area contributed by atoms with Gasteiger partial charge < -0.3 is 0 Å². The Morgan fingerprint density at radius 3 is 2.33 bits per heavy atom. The van der Waals surface area contributed by atoms with E-state index in [9.17, 15) is 0 Å². The van der Waals surface area contributed by atoms with Gasteiger partial charge in [0.05, 0.1) is 0 Å². The fourth-order valence-corrected chi connectivity index (χ4v) is 1.90. The number of hydrogen-bond donors (Lipinski definition) is 0. The molecule has 0 aliphatic heterocycles. The molecule has 0 saturated carbocycles. The fourth-order valence-electron chi connectivity index (χ4n) is 1.90. The monoisotopic (exact) mass is 200 g/mol. The van der Waals surface area contributed by atoms with E-state index in [1.54, 1.807) is 0 Å². The smallest absolute Gasteiger partial charge is 0.0155 e. The molecule has 0 nitrogen and oxygen atoms in total. The Labute approximate surface area is 93.7 Å². The normalized spacial score (nSPS) is 12.1.